The molecule has 0 radical (unpaired) electrons. The number of fused-ring (bicyclic) bond motifs is 1. The van der Waals surface area contributed by atoms with Gasteiger partial charge in [0.05, 0.1) is 29.4 Å². The Hall–Kier alpha value is -2.04. The molecule has 23 heavy (non-hydrogen) atoms. The summed E-state index contributed by atoms with van der Waals surface area (Å²) in [7, 11) is 0. The van der Waals surface area contributed by atoms with Gasteiger partial charge in [0.15, 0.2) is 0 Å². The number of halogens is 2. The fourth-order valence-corrected chi connectivity index (χ4v) is 2.71. The lowest BCUT2D eigenvalue weighted by Crippen LogP contribution is -2.10. The van der Waals surface area contributed by atoms with Crippen molar-refractivity contribution in [2.45, 2.75) is 13.3 Å². The molecule has 0 aliphatic rings. The van der Waals surface area contributed by atoms with E-state index in [-0.39, 0.29) is 12.4 Å². The summed E-state index contributed by atoms with van der Waals surface area (Å²) in [5, 5.41) is 1.22. The van der Waals surface area contributed by atoms with Crippen LogP contribution < -0.4 is 0 Å². The summed E-state index contributed by atoms with van der Waals surface area (Å²) in [5.74, 6) is -0.301. The molecule has 0 spiro atoms. The van der Waals surface area contributed by atoms with Gasteiger partial charge < -0.3 is 9.14 Å². The lowest BCUT2D eigenvalue weighted by atomic mass is 10.1. The fourth-order valence-electron chi connectivity index (χ4n) is 2.42. The van der Waals surface area contributed by atoms with E-state index in [0.717, 1.165) is 22.6 Å². The van der Waals surface area contributed by atoms with Gasteiger partial charge in [-0.15, -0.1) is 0 Å². The Bertz CT molecular complexity index is 857. The second-order valence-electron chi connectivity index (χ2n) is 4.97. The Balaban J connectivity index is 2.15. The molecule has 3 rings (SSSR count). The number of rotatable bonds is 4. The van der Waals surface area contributed by atoms with Crippen LogP contribution in [0.25, 0.3) is 16.9 Å². The number of nitrogens with zero attached hydrogens (tertiary/aromatic N) is 2. The van der Waals surface area contributed by atoms with Crippen molar-refractivity contribution < 1.29 is 9.53 Å². The number of carbonyl (C=O) groups is 1. The predicted molar refractivity (Wildman–Crippen MR) is 91.0 cm³/mol. The zero-order chi connectivity index (χ0) is 16.4. The van der Waals surface area contributed by atoms with Gasteiger partial charge in [-0.25, -0.2) is 4.98 Å². The van der Waals surface area contributed by atoms with Crippen LogP contribution in [0.1, 0.15) is 12.6 Å². The first kappa shape index (κ1) is 15.8. The Kier molecular flexibility index (Phi) is 4.55. The standard InChI is InChI=1S/C17H14Cl2N2O2/c1-2-23-16(22)9-14-17(11-3-5-12(18)6-4-11)20-15-8-7-13(19)10-21(14)15/h3-8,10H,2,9H2,1H3. The monoisotopic (exact) mass is 348 g/mol. The molecule has 0 atom stereocenters. The highest BCUT2D eigenvalue weighted by atomic mass is 35.5. The fraction of sp³-hybridized carbons (Fsp3) is 0.176. The van der Waals surface area contributed by atoms with Crippen molar-refractivity contribution in [1.29, 1.82) is 0 Å². The third-order valence-electron chi connectivity index (χ3n) is 3.42. The molecule has 0 saturated carbocycles. The Morgan fingerprint density at radius 2 is 1.83 bits per heavy atom. The number of aromatic nitrogens is 2. The number of carbonyl (C=O) groups excluding carboxylic acids is 1. The third-order valence-corrected chi connectivity index (χ3v) is 3.89. The van der Waals surface area contributed by atoms with Crippen LogP contribution in [0.2, 0.25) is 10.0 Å². The number of imidazole rings is 1. The minimum atomic E-state index is -0.301. The molecule has 0 unspecified atom stereocenters. The molecule has 6 heteroatoms. The molecule has 0 saturated heterocycles. The quantitative estimate of drug-likeness (QED) is 0.655. The van der Waals surface area contributed by atoms with Crippen molar-refractivity contribution in [2.24, 2.45) is 0 Å². The molecule has 1 aromatic carbocycles. The molecule has 3 aromatic rings. The minimum absolute atomic E-state index is 0.118. The first-order valence-corrected chi connectivity index (χ1v) is 7.92. The molecule has 0 amide bonds. The maximum absolute atomic E-state index is 12.0. The number of esters is 1. The largest absolute Gasteiger partial charge is 0.466 e. The molecule has 2 heterocycles. The van der Waals surface area contributed by atoms with E-state index in [0.29, 0.717) is 16.7 Å². The number of hydrogen-bond donors (Lipinski definition) is 0. The zero-order valence-corrected chi connectivity index (χ0v) is 13.9. The van der Waals surface area contributed by atoms with E-state index in [1.807, 2.05) is 22.6 Å². The van der Waals surface area contributed by atoms with E-state index >= 15 is 0 Å². The van der Waals surface area contributed by atoms with Gasteiger partial charge in [0.1, 0.15) is 5.65 Å². The van der Waals surface area contributed by atoms with Gasteiger partial charge in [0.2, 0.25) is 0 Å². The topological polar surface area (TPSA) is 43.6 Å². The highest BCUT2D eigenvalue weighted by Crippen LogP contribution is 2.27. The van der Waals surface area contributed by atoms with Crippen LogP contribution >= 0.6 is 23.2 Å². The number of pyridine rings is 1. The molecule has 0 fully saturated rings. The van der Waals surface area contributed by atoms with Gasteiger partial charge >= 0.3 is 5.97 Å². The second kappa shape index (κ2) is 6.60. The summed E-state index contributed by atoms with van der Waals surface area (Å²) >= 11 is 12.0. The van der Waals surface area contributed by atoms with Crippen LogP contribution in [-0.4, -0.2) is 22.0 Å². The summed E-state index contributed by atoms with van der Waals surface area (Å²) in [5.41, 5.74) is 3.06. The Morgan fingerprint density at radius 1 is 1.13 bits per heavy atom. The van der Waals surface area contributed by atoms with Crippen molar-refractivity contribution in [3.05, 3.63) is 58.3 Å². The molecule has 0 N–H and O–H groups in total. The van der Waals surface area contributed by atoms with E-state index in [1.54, 1.807) is 31.3 Å². The normalized spacial score (nSPS) is 10.9. The number of hydrogen-bond acceptors (Lipinski definition) is 3. The van der Waals surface area contributed by atoms with Crippen LogP contribution in [0.4, 0.5) is 0 Å². The molecule has 0 aliphatic heterocycles. The summed E-state index contributed by atoms with van der Waals surface area (Å²) in [4.78, 5) is 16.6. The Morgan fingerprint density at radius 3 is 2.52 bits per heavy atom. The maximum atomic E-state index is 12.0. The molecular formula is C17H14Cl2N2O2. The van der Waals surface area contributed by atoms with Crippen molar-refractivity contribution in [1.82, 2.24) is 9.38 Å². The Labute approximate surface area is 143 Å². The first-order valence-electron chi connectivity index (χ1n) is 7.16. The zero-order valence-electron chi connectivity index (χ0n) is 12.4. The SMILES string of the molecule is CCOC(=O)Cc1c(-c2ccc(Cl)cc2)nc2ccc(Cl)cn12. The van der Waals surface area contributed by atoms with Gasteiger partial charge in [-0.2, -0.15) is 0 Å². The van der Waals surface area contributed by atoms with Crippen molar-refractivity contribution >= 4 is 34.8 Å². The third kappa shape index (κ3) is 3.33. The van der Waals surface area contributed by atoms with Crippen molar-refractivity contribution in [3.8, 4) is 11.3 Å². The van der Waals surface area contributed by atoms with Gasteiger partial charge in [-0.05, 0) is 31.2 Å². The maximum Gasteiger partial charge on any atom is 0.311 e. The van der Waals surface area contributed by atoms with Gasteiger partial charge in [0.25, 0.3) is 0 Å². The van der Waals surface area contributed by atoms with E-state index in [2.05, 4.69) is 4.98 Å². The van der Waals surface area contributed by atoms with E-state index in [4.69, 9.17) is 27.9 Å². The van der Waals surface area contributed by atoms with Crippen molar-refractivity contribution in [2.75, 3.05) is 6.61 Å². The van der Waals surface area contributed by atoms with Crippen LogP contribution in [0.15, 0.2) is 42.6 Å². The lowest BCUT2D eigenvalue weighted by molar-refractivity contribution is -0.142. The molecule has 0 bridgehead atoms. The molecule has 2 aromatic heterocycles. The lowest BCUT2D eigenvalue weighted by Gasteiger charge is -2.06. The number of benzene rings is 1. The van der Waals surface area contributed by atoms with E-state index in [1.165, 1.54) is 0 Å². The predicted octanol–water partition coefficient (Wildman–Crippen LogP) is 4.41. The average Bonchev–Trinajstić information content (AvgIpc) is 2.86. The minimum Gasteiger partial charge on any atom is -0.466 e. The van der Waals surface area contributed by atoms with E-state index < -0.39 is 0 Å². The summed E-state index contributed by atoms with van der Waals surface area (Å²) in [6, 6.07) is 10.9. The van der Waals surface area contributed by atoms with Crippen molar-refractivity contribution in [3.63, 3.8) is 0 Å². The highest BCUT2D eigenvalue weighted by Gasteiger charge is 2.18. The highest BCUT2D eigenvalue weighted by molar-refractivity contribution is 6.30. The van der Waals surface area contributed by atoms with Crippen LogP contribution in [0.3, 0.4) is 0 Å². The van der Waals surface area contributed by atoms with Crippen LogP contribution in [0, 0.1) is 0 Å². The van der Waals surface area contributed by atoms with Gasteiger partial charge in [0, 0.05) is 16.8 Å². The van der Waals surface area contributed by atoms with Gasteiger partial charge in [-0.1, -0.05) is 35.3 Å². The molecule has 0 aliphatic carbocycles. The molecule has 4 nitrogen and oxygen atoms in total. The summed E-state index contributed by atoms with van der Waals surface area (Å²) < 4.78 is 6.89. The molecular weight excluding hydrogens is 335 g/mol. The smallest absolute Gasteiger partial charge is 0.311 e. The molecule has 118 valence electrons. The van der Waals surface area contributed by atoms with Crippen LogP contribution in [0.5, 0.6) is 0 Å². The second-order valence-corrected chi connectivity index (χ2v) is 5.84. The van der Waals surface area contributed by atoms with Crippen LogP contribution in [-0.2, 0) is 16.0 Å². The first-order chi connectivity index (χ1) is 11.1. The average molecular weight is 349 g/mol. The van der Waals surface area contributed by atoms with E-state index in [9.17, 15) is 4.79 Å². The summed E-state index contributed by atoms with van der Waals surface area (Å²) in [6.45, 7) is 2.12. The van der Waals surface area contributed by atoms with Gasteiger partial charge in [-0.3, -0.25) is 4.79 Å². The summed E-state index contributed by atoms with van der Waals surface area (Å²) in [6.07, 6.45) is 1.87. The number of ether oxygens (including phenoxy) is 1.